The highest BCUT2D eigenvalue weighted by Crippen LogP contribution is 2.26. The number of benzene rings is 1. The van der Waals surface area contributed by atoms with Crippen molar-refractivity contribution in [2.75, 3.05) is 0 Å². The number of amides is 3. The molecule has 0 aromatic heterocycles. The predicted octanol–water partition coefficient (Wildman–Crippen LogP) is 2.49. The molecular formula is C15H20N2O4S. The molecule has 0 radical (unpaired) electrons. The number of carboxylic acid groups (broad SMARTS) is 1. The zero-order chi connectivity index (χ0) is 16.9. The van der Waals surface area contributed by atoms with Gasteiger partial charge in [-0.1, -0.05) is 12.1 Å². The molecule has 7 heteroatoms. The van der Waals surface area contributed by atoms with Crippen LogP contribution in [-0.2, 0) is 4.79 Å². The van der Waals surface area contributed by atoms with Gasteiger partial charge in [-0.2, -0.15) is 0 Å². The number of hydrogen-bond donors (Lipinski definition) is 3. The van der Waals surface area contributed by atoms with E-state index >= 15 is 0 Å². The first-order valence-electron chi connectivity index (χ1n) is 6.72. The molecule has 0 aliphatic heterocycles. The molecule has 6 nitrogen and oxygen atoms in total. The van der Waals surface area contributed by atoms with Crippen LogP contribution in [0.2, 0.25) is 0 Å². The summed E-state index contributed by atoms with van der Waals surface area (Å²) in [7, 11) is 0. The van der Waals surface area contributed by atoms with Gasteiger partial charge in [0.15, 0.2) is 0 Å². The summed E-state index contributed by atoms with van der Waals surface area (Å²) in [6.07, 6.45) is 0. The Balaban J connectivity index is 2.69. The fourth-order valence-corrected chi connectivity index (χ4v) is 2.56. The highest BCUT2D eigenvalue weighted by Gasteiger charge is 2.21. The van der Waals surface area contributed by atoms with E-state index in [9.17, 15) is 14.4 Å². The van der Waals surface area contributed by atoms with Crippen LogP contribution in [0.5, 0.6) is 0 Å². The lowest BCUT2D eigenvalue weighted by Gasteiger charge is -2.21. The van der Waals surface area contributed by atoms with Crippen molar-refractivity contribution >= 4 is 29.7 Å². The highest BCUT2D eigenvalue weighted by molar-refractivity contribution is 8.00. The van der Waals surface area contributed by atoms with Crippen molar-refractivity contribution < 1.29 is 19.5 Å². The van der Waals surface area contributed by atoms with Gasteiger partial charge >= 0.3 is 12.0 Å². The van der Waals surface area contributed by atoms with Crippen LogP contribution in [0.4, 0.5) is 4.79 Å². The largest absolute Gasteiger partial charge is 0.478 e. The zero-order valence-corrected chi connectivity index (χ0v) is 13.8. The van der Waals surface area contributed by atoms with Gasteiger partial charge in [0.1, 0.15) is 0 Å². The van der Waals surface area contributed by atoms with Crippen LogP contribution >= 0.6 is 11.8 Å². The van der Waals surface area contributed by atoms with Gasteiger partial charge in [-0.3, -0.25) is 10.1 Å². The van der Waals surface area contributed by atoms with Gasteiger partial charge in [0, 0.05) is 10.4 Å². The van der Waals surface area contributed by atoms with Crippen molar-refractivity contribution in [1.82, 2.24) is 10.6 Å². The van der Waals surface area contributed by atoms with Crippen molar-refractivity contribution in [2.24, 2.45) is 0 Å². The van der Waals surface area contributed by atoms with E-state index < -0.39 is 28.7 Å². The second-order valence-corrected chi connectivity index (χ2v) is 7.14. The van der Waals surface area contributed by atoms with Crippen molar-refractivity contribution in [3.05, 3.63) is 29.8 Å². The Labute approximate surface area is 133 Å². The van der Waals surface area contributed by atoms with Crippen LogP contribution < -0.4 is 10.6 Å². The van der Waals surface area contributed by atoms with Gasteiger partial charge in [0.2, 0.25) is 5.91 Å². The second kappa shape index (κ2) is 7.31. The Morgan fingerprint density at radius 1 is 1.18 bits per heavy atom. The smallest absolute Gasteiger partial charge is 0.336 e. The molecule has 0 fully saturated rings. The van der Waals surface area contributed by atoms with E-state index in [0.717, 1.165) is 11.8 Å². The zero-order valence-electron chi connectivity index (χ0n) is 13.0. The van der Waals surface area contributed by atoms with Crippen molar-refractivity contribution in [2.45, 2.75) is 43.4 Å². The summed E-state index contributed by atoms with van der Waals surface area (Å²) < 4.78 is 0. The minimum absolute atomic E-state index is 0.131. The van der Waals surface area contributed by atoms with Gasteiger partial charge in [-0.05, 0) is 39.8 Å². The maximum Gasteiger partial charge on any atom is 0.336 e. The SMILES string of the molecule is C[C@H](Sc1ccccc1C(=O)O)C(=O)NC(=O)NC(C)(C)C. The van der Waals surface area contributed by atoms with Gasteiger partial charge in [-0.15, -0.1) is 11.8 Å². The van der Waals surface area contributed by atoms with Crippen LogP contribution in [0.1, 0.15) is 38.1 Å². The first kappa shape index (κ1) is 18.0. The quantitative estimate of drug-likeness (QED) is 0.740. The number of hydrogen-bond acceptors (Lipinski definition) is 4. The summed E-state index contributed by atoms with van der Waals surface area (Å²) in [6.45, 7) is 7.03. The number of rotatable bonds is 4. The minimum atomic E-state index is -1.05. The van der Waals surface area contributed by atoms with Crippen LogP contribution in [0.3, 0.4) is 0 Å². The van der Waals surface area contributed by atoms with Crippen LogP contribution in [0, 0.1) is 0 Å². The third-order valence-electron chi connectivity index (χ3n) is 2.52. The topological polar surface area (TPSA) is 95.5 Å². The third kappa shape index (κ3) is 5.77. The van der Waals surface area contributed by atoms with Gasteiger partial charge in [0.05, 0.1) is 10.8 Å². The normalized spacial score (nSPS) is 12.4. The predicted molar refractivity (Wildman–Crippen MR) is 85.1 cm³/mol. The van der Waals surface area contributed by atoms with Crippen LogP contribution in [0.25, 0.3) is 0 Å². The molecule has 0 spiro atoms. The fraction of sp³-hybridized carbons (Fsp3) is 0.400. The average Bonchev–Trinajstić information content (AvgIpc) is 2.36. The Morgan fingerprint density at radius 3 is 2.32 bits per heavy atom. The summed E-state index contributed by atoms with van der Waals surface area (Å²) in [4.78, 5) is 35.2. The van der Waals surface area contributed by atoms with E-state index in [4.69, 9.17) is 5.11 Å². The number of aromatic carboxylic acids is 1. The summed E-state index contributed by atoms with van der Waals surface area (Å²) >= 11 is 1.09. The van der Waals surface area contributed by atoms with Crippen LogP contribution in [-0.4, -0.2) is 33.8 Å². The highest BCUT2D eigenvalue weighted by atomic mass is 32.2. The van der Waals surface area contributed by atoms with Gasteiger partial charge < -0.3 is 10.4 Å². The average molecular weight is 324 g/mol. The Bertz CT molecular complexity index is 581. The summed E-state index contributed by atoms with van der Waals surface area (Å²) in [5.74, 6) is -1.53. The molecule has 0 saturated carbocycles. The number of nitrogens with one attached hydrogen (secondary N) is 2. The van der Waals surface area contributed by atoms with E-state index in [0.29, 0.717) is 4.90 Å². The molecule has 3 amide bonds. The molecule has 0 aliphatic carbocycles. The second-order valence-electron chi connectivity index (χ2n) is 5.75. The summed E-state index contributed by atoms with van der Waals surface area (Å²) in [5.41, 5.74) is -0.317. The molecule has 0 aliphatic rings. The lowest BCUT2D eigenvalue weighted by molar-refractivity contribution is -0.119. The maximum atomic E-state index is 12.0. The molecule has 3 N–H and O–H groups in total. The van der Waals surface area contributed by atoms with E-state index in [1.165, 1.54) is 6.07 Å². The number of imide groups is 1. The molecule has 0 bridgehead atoms. The molecule has 0 heterocycles. The number of carboxylic acids is 1. The van der Waals surface area contributed by atoms with E-state index in [2.05, 4.69) is 10.6 Å². The van der Waals surface area contributed by atoms with Crippen molar-refractivity contribution in [1.29, 1.82) is 0 Å². The molecular weight excluding hydrogens is 304 g/mol. The molecule has 22 heavy (non-hydrogen) atoms. The molecule has 1 aromatic carbocycles. The Morgan fingerprint density at radius 2 is 1.77 bits per heavy atom. The minimum Gasteiger partial charge on any atom is -0.478 e. The Hall–Kier alpha value is -2.02. The van der Waals surface area contributed by atoms with E-state index in [-0.39, 0.29) is 5.56 Å². The van der Waals surface area contributed by atoms with Crippen molar-refractivity contribution in [3.63, 3.8) is 0 Å². The van der Waals surface area contributed by atoms with E-state index in [1.807, 2.05) is 0 Å². The first-order chi connectivity index (χ1) is 10.1. The number of urea groups is 1. The molecule has 1 atom stereocenters. The molecule has 1 rings (SSSR count). The van der Waals surface area contributed by atoms with Crippen LogP contribution in [0.15, 0.2) is 29.2 Å². The lowest BCUT2D eigenvalue weighted by atomic mass is 10.1. The first-order valence-corrected chi connectivity index (χ1v) is 7.60. The lowest BCUT2D eigenvalue weighted by Crippen LogP contribution is -2.49. The number of carbonyl (C=O) groups excluding carboxylic acids is 2. The monoisotopic (exact) mass is 324 g/mol. The summed E-state index contributed by atoms with van der Waals surface area (Å²) in [5, 5.41) is 13.4. The molecule has 120 valence electrons. The van der Waals surface area contributed by atoms with Gasteiger partial charge in [-0.25, -0.2) is 9.59 Å². The molecule has 0 saturated heterocycles. The maximum absolute atomic E-state index is 12.0. The fourth-order valence-electron chi connectivity index (χ4n) is 1.58. The van der Waals surface area contributed by atoms with Gasteiger partial charge in [0.25, 0.3) is 0 Å². The number of carbonyl (C=O) groups is 3. The Kier molecular flexibility index (Phi) is 5.99. The number of thioether (sulfide) groups is 1. The molecule has 0 unspecified atom stereocenters. The van der Waals surface area contributed by atoms with E-state index in [1.54, 1.807) is 45.9 Å². The third-order valence-corrected chi connectivity index (χ3v) is 3.69. The standard InChI is InChI=1S/C15H20N2O4S/c1-9(12(18)16-14(21)17-15(2,3)4)22-11-8-6-5-7-10(11)13(19)20/h5-9H,1-4H3,(H,19,20)(H2,16,17,18,21)/t9-/m0/s1. The van der Waals surface area contributed by atoms with Crippen molar-refractivity contribution in [3.8, 4) is 0 Å². The molecule has 1 aromatic rings. The summed E-state index contributed by atoms with van der Waals surface area (Å²) in [6, 6.07) is 5.85.